The predicted octanol–water partition coefficient (Wildman–Crippen LogP) is 5.18. The molecule has 2 aromatic carbocycles. The predicted molar refractivity (Wildman–Crippen MR) is 141 cm³/mol. The number of rotatable bonds is 7. The second-order valence-corrected chi connectivity index (χ2v) is 9.69. The summed E-state index contributed by atoms with van der Waals surface area (Å²) >= 11 is 7.66. The number of esters is 1. The van der Waals surface area contributed by atoms with E-state index in [9.17, 15) is 9.59 Å². The third kappa shape index (κ3) is 5.23. The van der Waals surface area contributed by atoms with Gasteiger partial charge in [0.2, 0.25) is 0 Å². The van der Waals surface area contributed by atoms with Crippen LogP contribution in [0.5, 0.6) is 0 Å². The Morgan fingerprint density at radius 3 is 2.54 bits per heavy atom. The van der Waals surface area contributed by atoms with Gasteiger partial charge in [-0.1, -0.05) is 53.7 Å². The minimum atomic E-state index is -0.611. The van der Waals surface area contributed by atoms with Crippen LogP contribution in [0.2, 0.25) is 5.02 Å². The van der Waals surface area contributed by atoms with Crippen LogP contribution in [0.25, 0.3) is 0 Å². The fourth-order valence-corrected chi connectivity index (χ4v) is 5.18. The quantitative estimate of drug-likeness (QED) is 0.257. The van der Waals surface area contributed by atoms with Gasteiger partial charge in [-0.15, -0.1) is 0 Å². The zero-order valence-electron chi connectivity index (χ0n) is 20.0. The third-order valence-electron chi connectivity index (χ3n) is 5.78. The first kappa shape index (κ1) is 24.9. The van der Waals surface area contributed by atoms with Gasteiger partial charge in [0.1, 0.15) is 5.82 Å². The molecule has 0 aliphatic carbocycles. The number of nitrogens with one attached hydrogen (secondary N) is 2. The van der Waals surface area contributed by atoms with E-state index in [0.717, 1.165) is 16.8 Å². The molecule has 0 amide bonds. The van der Waals surface area contributed by atoms with E-state index in [2.05, 4.69) is 15.3 Å². The smallest absolute Gasteiger partial charge is 0.336 e. The monoisotopic (exact) mass is 510 g/mol. The molecule has 0 spiro atoms. The van der Waals surface area contributed by atoms with Gasteiger partial charge >= 0.3 is 5.97 Å². The number of carbonyl (C=O) groups is 1. The summed E-state index contributed by atoms with van der Waals surface area (Å²) in [4.78, 5) is 35.9. The van der Waals surface area contributed by atoms with Crippen LogP contribution in [0, 0.1) is 0 Å². The Morgan fingerprint density at radius 1 is 1.17 bits per heavy atom. The molecule has 1 aromatic heterocycles. The lowest BCUT2D eigenvalue weighted by molar-refractivity contribution is -0.138. The summed E-state index contributed by atoms with van der Waals surface area (Å²) in [6, 6.07) is 15.4. The van der Waals surface area contributed by atoms with Crippen molar-refractivity contribution in [2.24, 2.45) is 0 Å². The maximum absolute atomic E-state index is 13.4. The summed E-state index contributed by atoms with van der Waals surface area (Å²) < 4.78 is 5.35. The van der Waals surface area contributed by atoms with E-state index in [1.54, 1.807) is 13.8 Å². The third-order valence-corrected chi connectivity index (χ3v) is 7.07. The van der Waals surface area contributed by atoms with Crippen molar-refractivity contribution in [3.8, 4) is 0 Å². The number of nitrogens with zero attached hydrogens (tertiary/aromatic N) is 2. The highest BCUT2D eigenvalue weighted by Crippen LogP contribution is 2.40. The van der Waals surface area contributed by atoms with Crippen molar-refractivity contribution in [1.82, 2.24) is 9.97 Å². The van der Waals surface area contributed by atoms with E-state index in [1.165, 1.54) is 11.8 Å². The first-order valence-corrected chi connectivity index (χ1v) is 12.6. The van der Waals surface area contributed by atoms with Gasteiger partial charge in [-0.05, 0) is 43.2 Å². The zero-order valence-corrected chi connectivity index (χ0v) is 21.6. The number of hydrogen-bond donors (Lipinski definition) is 2. The molecule has 182 valence electrons. The van der Waals surface area contributed by atoms with Crippen molar-refractivity contribution in [3.63, 3.8) is 0 Å². The van der Waals surface area contributed by atoms with Crippen LogP contribution in [0.4, 0.5) is 11.5 Å². The highest BCUT2D eigenvalue weighted by atomic mass is 35.5. The van der Waals surface area contributed by atoms with E-state index in [4.69, 9.17) is 16.3 Å². The van der Waals surface area contributed by atoms with Crippen LogP contribution < -0.4 is 15.8 Å². The standard InChI is InChI=1S/C26H27ClN4O3S/c1-5-34-25(33)20-15(2)28-23-22(21(20)16-10-12-18(13-11-16)31(3)4)24(32)30-26(29-23)35-14-17-8-6-7-9-19(17)27/h6-13,21H,5,14H2,1-4H3,(H2,28,29,30,32). The van der Waals surface area contributed by atoms with Crippen molar-refractivity contribution in [2.45, 2.75) is 30.7 Å². The van der Waals surface area contributed by atoms with Crippen molar-refractivity contribution in [3.05, 3.63) is 91.9 Å². The minimum Gasteiger partial charge on any atom is -0.463 e. The highest BCUT2D eigenvalue weighted by Gasteiger charge is 2.36. The Labute approximate surface area is 213 Å². The molecule has 1 aliphatic rings. The van der Waals surface area contributed by atoms with Gasteiger partial charge in [0.15, 0.2) is 5.16 Å². The molecule has 9 heteroatoms. The number of thioether (sulfide) groups is 1. The van der Waals surface area contributed by atoms with Crippen LogP contribution in [0.1, 0.15) is 36.5 Å². The molecule has 0 saturated carbocycles. The van der Waals surface area contributed by atoms with Gasteiger partial charge in [-0.3, -0.25) is 4.79 Å². The van der Waals surface area contributed by atoms with Gasteiger partial charge in [-0.25, -0.2) is 9.78 Å². The molecule has 1 atom stereocenters. The number of ether oxygens (including phenoxy) is 1. The lowest BCUT2D eigenvalue weighted by Gasteiger charge is -2.29. The number of fused-ring (bicyclic) bond motifs is 1. The first-order valence-electron chi connectivity index (χ1n) is 11.2. The summed E-state index contributed by atoms with van der Waals surface area (Å²) in [5, 5.41) is 4.30. The zero-order chi connectivity index (χ0) is 25.1. The first-order chi connectivity index (χ1) is 16.8. The maximum atomic E-state index is 13.4. The van der Waals surface area contributed by atoms with E-state index in [1.807, 2.05) is 67.5 Å². The molecule has 1 unspecified atom stereocenters. The molecule has 35 heavy (non-hydrogen) atoms. The Morgan fingerprint density at radius 2 is 1.89 bits per heavy atom. The molecule has 7 nitrogen and oxygen atoms in total. The van der Waals surface area contributed by atoms with Crippen molar-refractivity contribution < 1.29 is 9.53 Å². The Hall–Kier alpha value is -3.23. The summed E-state index contributed by atoms with van der Waals surface area (Å²) in [6.45, 7) is 3.80. The number of hydrogen-bond acceptors (Lipinski definition) is 7. The molecule has 2 N–H and O–H groups in total. The van der Waals surface area contributed by atoms with E-state index < -0.39 is 11.9 Å². The number of anilines is 2. The van der Waals surface area contributed by atoms with Crippen molar-refractivity contribution in [2.75, 3.05) is 30.9 Å². The van der Waals surface area contributed by atoms with Gasteiger partial charge < -0.3 is 19.9 Å². The topological polar surface area (TPSA) is 87.3 Å². The second kappa shape index (κ2) is 10.6. The van der Waals surface area contributed by atoms with E-state index in [-0.39, 0.29) is 12.2 Å². The van der Waals surface area contributed by atoms with Crippen LogP contribution in [-0.2, 0) is 15.3 Å². The average Bonchev–Trinajstić information content (AvgIpc) is 2.82. The summed E-state index contributed by atoms with van der Waals surface area (Å²) in [7, 11) is 3.92. The highest BCUT2D eigenvalue weighted by molar-refractivity contribution is 7.98. The fourth-order valence-electron chi connectivity index (χ4n) is 4.04. The molecule has 0 fully saturated rings. The summed E-state index contributed by atoms with van der Waals surface area (Å²) in [6.07, 6.45) is 0. The summed E-state index contributed by atoms with van der Waals surface area (Å²) in [5.41, 5.74) is 3.87. The van der Waals surface area contributed by atoms with Crippen LogP contribution in [-0.4, -0.2) is 36.6 Å². The lowest BCUT2D eigenvalue weighted by Crippen LogP contribution is -2.31. The van der Waals surface area contributed by atoms with Gasteiger partial charge in [0.05, 0.1) is 23.7 Å². The van der Waals surface area contributed by atoms with Gasteiger partial charge in [-0.2, -0.15) is 0 Å². The van der Waals surface area contributed by atoms with E-state index in [0.29, 0.717) is 38.6 Å². The van der Waals surface area contributed by atoms with Crippen LogP contribution in [0.15, 0.2) is 69.8 Å². The second-order valence-electron chi connectivity index (χ2n) is 8.32. The molecule has 0 radical (unpaired) electrons. The molecule has 3 aromatic rings. The van der Waals surface area contributed by atoms with Crippen molar-refractivity contribution in [1.29, 1.82) is 0 Å². The Kier molecular flexibility index (Phi) is 7.52. The number of H-pyrrole nitrogens is 1. The van der Waals surface area contributed by atoms with Gasteiger partial charge in [0, 0.05) is 36.3 Å². The molecule has 0 bridgehead atoms. The Balaban J connectivity index is 1.76. The number of aromatic amines is 1. The van der Waals surface area contributed by atoms with E-state index >= 15 is 0 Å². The molecule has 4 rings (SSSR count). The summed E-state index contributed by atoms with van der Waals surface area (Å²) in [5.74, 6) is -0.0795. The van der Waals surface area contributed by atoms with Crippen LogP contribution >= 0.6 is 23.4 Å². The molecular weight excluding hydrogens is 484 g/mol. The number of allylic oxidation sites excluding steroid dienone is 1. The van der Waals surface area contributed by atoms with Crippen LogP contribution in [0.3, 0.4) is 0 Å². The van der Waals surface area contributed by atoms with Gasteiger partial charge in [0.25, 0.3) is 5.56 Å². The Bertz CT molecular complexity index is 1340. The lowest BCUT2D eigenvalue weighted by atomic mass is 9.82. The molecular formula is C26H27ClN4O3S. The molecule has 1 aliphatic heterocycles. The fraction of sp³-hybridized carbons (Fsp3) is 0.269. The number of aromatic nitrogens is 2. The van der Waals surface area contributed by atoms with Crippen molar-refractivity contribution >= 4 is 40.8 Å². The SMILES string of the molecule is CCOC(=O)C1=C(C)Nc2nc(SCc3ccccc3Cl)[nH]c(=O)c2C1c1ccc(N(C)C)cc1. The number of benzene rings is 2. The number of halogens is 1. The average molecular weight is 511 g/mol. The minimum absolute atomic E-state index is 0.237. The normalized spacial score (nSPS) is 14.8. The molecule has 2 heterocycles. The maximum Gasteiger partial charge on any atom is 0.336 e. The molecule has 0 saturated heterocycles. The largest absolute Gasteiger partial charge is 0.463 e. The number of carbonyl (C=O) groups excluding carboxylic acids is 1.